The van der Waals surface area contributed by atoms with Crippen molar-refractivity contribution in [3.05, 3.63) is 65.7 Å². The van der Waals surface area contributed by atoms with Gasteiger partial charge in [0, 0.05) is 17.8 Å². The monoisotopic (exact) mass is 201 g/mol. The minimum absolute atomic E-state index is 0.201. The van der Waals surface area contributed by atoms with E-state index >= 15 is 0 Å². The van der Waals surface area contributed by atoms with Gasteiger partial charge in [-0.05, 0) is 29.8 Å². The van der Waals surface area contributed by atoms with E-state index in [0.717, 1.165) is 11.3 Å². The van der Waals surface area contributed by atoms with Crippen LogP contribution in [0.3, 0.4) is 0 Å². The van der Waals surface area contributed by atoms with Gasteiger partial charge in [0.1, 0.15) is 5.82 Å². The molecular formula is C13H12FN. The maximum atomic E-state index is 12.7. The van der Waals surface area contributed by atoms with Crippen LogP contribution in [0, 0.1) is 5.82 Å². The molecule has 1 aromatic carbocycles. The van der Waals surface area contributed by atoms with Crippen molar-refractivity contribution in [3.8, 4) is 0 Å². The van der Waals surface area contributed by atoms with Crippen molar-refractivity contribution < 1.29 is 4.39 Å². The number of rotatable bonds is 2. The van der Waals surface area contributed by atoms with Crippen LogP contribution in [0.15, 0.2) is 48.7 Å². The van der Waals surface area contributed by atoms with Crippen molar-refractivity contribution in [2.24, 2.45) is 0 Å². The Kier molecular flexibility index (Phi) is 2.77. The van der Waals surface area contributed by atoms with Crippen molar-refractivity contribution in [2.75, 3.05) is 0 Å². The van der Waals surface area contributed by atoms with Crippen LogP contribution in [0.25, 0.3) is 0 Å². The Balaban J connectivity index is 2.29. The SMILES string of the molecule is CC(c1ccc(F)cc1)c1ccccn1. The zero-order chi connectivity index (χ0) is 10.7. The molecule has 0 aliphatic heterocycles. The van der Waals surface area contributed by atoms with Gasteiger partial charge in [-0.1, -0.05) is 25.1 Å². The summed E-state index contributed by atoms with van der Waals surface area (Å²) < 4.78 is 12.7. The van der Waals surface area contributed by atoms with Crippen LogP contribution >= 0.6 is 0 Å². The van der Waals surface area contributed by atoms with Crippen LogP contribution in [0.2, 0.25) is 0 Å². The third-order valence-electron chi connectivity index (χ3n) is 2.50. The summed E-state index contributed by atoms with van der Waals surface area (Å²) in [6.07, 6.45) is 1.77. The molecule has 15 heavy (non-hydrogen) atoms. The Morgan fingerprint density at radius 1 is 1.07 bits per heavy atom. The molecule has 0 amide bonds. The molecule has 1 nitrogen and oxygen atoms in total. The Morgan fingerprint density at radius 2 is 1.80 bits per heavy atom. The third kappa shape index (κ3) is 2.21. The number of aromatic nitrogens is 1. The first-order valence-corrected chi connectivity index (χ1v) is 4.94. The number of benzene rings is 1. The van der Waals surface area contributed by atoms with Gasteiger partial charge >= 0.3 is 0 Å². The number of hydrogen-bond acceptors (Lipinski definition) is 1. The van der Waals surface area contributed by atoms with E-state index in [1.807, 2.05) is 18.2 Å². The zero-order valence-electron chi connectivity index (χ0n) is 8.52. The topological polar surface area (TPSA) is 12.9 Å². The average molecular weight is 201 g/mol. The van der Waals surface area contributed by atoms with Crippen molar-refractivity contribution in [3.63, 3.8) is 0 Å². The second-order valence-electron chi connectivity index (χ2n) is 3.53. The van der Waals surface area contributed by atoms with Crippen molar-refractivity contribution in [1.82, 2.24) is 4.98 Å². The second kappa shape index (κ2) is 4.22. The number of pyridine rings is 1. The highest BCUT2D eigenvalue weighted by Crippen LogP contribution is 2.21. The quantitative estimate of drug-likeness (QED) is 0.725. The van der Waals surface area contributed by atoms with E-state index in [0.29, 0.717) is 0 Å². The predicted molar refractivity (Wildman–Crippen MR) is 58.2 cm³/mol. The lowest BCUT2D eigenvalue weighted by molar-refractivity contribution is 0.626. The first kappa shape index (κ1) is 9.84. The van der Waals surface area contributed by atoms with Gasteiger partial charge in [-0.3, -0.25) is 4.98 Å². The summed E-state index contributed by atoms with van der Waals surface area (Å²) in [5, 5.41) is 0. The van der Waals surface area contributed by atoms with E-state index in [9.17, 15) is 4.39 Å². The van der Waals surface area contributed by atoms with E-state index in [1.54, 1.807) is 18.3 Å². The lowest BCUT2D eigenvalue weighted by Gasteiger charge is -2.10. The number of halogens is 1. The van der Waals surface area contributed by atoms with Gasteiger partial charge in [0.25, 0.3) is 0 Å². The van der Waals surface area contributed by atoms with Crippen LogP contribution in [-0.2, 0) is 0 Å². The van der Waals surface area contributed by atoms with Gasteiger partial charge in [-0.2, -0.15) is 0 Å². The molecule has 0 aliphatic carbocycles. The van der Waals surface area contributed by atoms with Gasteiger partial charge in [-0.15, -0.1) is 0 Å². The minimum Gasteiger partial charge on any atom is -0.261 e. The largest absolute Gasteiger partial charge is 0.261 e. The van der Waals surface area contributed by atoms with E-state index in [1.165, 1.54) is 12.1 Å². The van der Waals surface area contributed by atoms with Crippen molar-refractivity contribution in [1.29, 1.82) is 0 Å². The summed E-state index contributed by atoms with van der Waals surface area (Å²) in [7, 11) is 0. The van der Waals surface area contributed by atoms with Crippen molar-refractivity contribution in [2.45, 2.75) is 12.8 Å². The molecule has 0 radical (unpaired) electrons. The molecule has 76 valence electrons. The fourth-order valence-corrected chi connectivity index (χ4v) is 1.55. The zero-order valence-corrected chi connectivity index (χ0v) is 8.52. The van der Waals surface area contributed by atoms with Gasteiger partial charge in [-0.25, -0.2) is 4.39 Å². The van der Waals surface area contributed by atoms with Crippen LogP contribution in [0.4, 0.5) is 4.39 Å². The molecule has 0 saturated carbocycles. The summed E-state index contributed by atoms with van der Waals surface area (Å²) >= 11 is 0. The maximum absolute atomic E-state index is 12.7. The second-order valence-corrected chi connectivity index (χ2v) is 3.53. The van der Waals surface area contributed by atoms with Crippen molar-refractivity contribution >= 4 is 0 Å². The summed E-state index contributed by atoms with van der Waals surface area (Å²) in [6, 6.07) is 12.4. The molecule has 1 aromatic heterocycles. The van der Waals surface area contributed by atoms with Crippen LogP contribution in [-0.4, -0.2) is 4.98 Å². The fraction of sp³-hybridized carbons (Fsp3) is 0.154. The fourth-order valence-electron chi connectivity index (χ4n) is 1.55. The lowest BCUT2D eigenvalue weighted by Crippen LogP contribution is -1.98. The molecule has 1 atom stereocenters. The summed E-state index contributed by atoms with van der Waals surface area (Å²) in [5.74, 6) is -0.00114. The van der Waals surface area contributed by atoms with Crippen LogP contribution in [0.1, 0.15) is 24.1 Å². The molecule has 0 saturated heterocycles. The van der Waals surface area contributed by atoms with E-state index in [2.05, 4.69) is 11.9 Å². The molecule has 2 rings (SSSR count). The Hall–Kier alpha value is -1.70. The minimum atomic E-state index is -0.202. The Labute approximate surface area is 88.6 Å². The normalized spacial score (nSPS) is 12.4. The standard InChI is InChI=1S/C13H12FN/c1-10(13-4-2-3-9-15-13)11-5-7-12(14)8-6-11/h2-10H,1H3. The maximum Gasteiger partial charge on any atom is 0.123 e. The highest BCUT2D eigenvalue weighted by molar-refractivity contribution is 5.27. The molecule has 0 spiro atoms. The Bertz CT molecular complexity index is 422. The average Bonchev–Trinajstić information content (AvgIpc) is 2.30. The highest BCUT2D eigenvalue weighted by atomic mass is 19.1. The molecule has 2 aromatic rings. The van der Waals surface area contributed by atoms with Crippen LogP contribution in [0.5, 0.6) is 0 Å². The molecular weight excluding hydrogens is 189 g/mol. The molecule has 1 heterocycles. The molecule has 0 aliphatic rings. The molecule has 0 fully saturated rings. The molecule has 0 bridgehead atoms. The van der Waals surface area contributed by atoms with E-state index < -0.39 is 0 Å². The molecule has 0 N–H and O–H groups in total. The van der Waals surface area contributed by atoms with Crippen LogP contribution < -0.4 is 0 Å². The third-order valence-corrected chi connectivity index (χ3v) is 2.50. The van der Waals surface area contributed by atoms with E-state index in [4.69, 9.17) is 0 Å². The van der Waals surface area contributed by atoms with Gasteiger partial charge in [0.15, 0.2) is 0 Å². The van der Waals surface area contributed by atoms with Gasteiger partial charge in [0.2, 0.25) is 0 Å². The highest BCUT2D eigenvalue weighted by Gasteiger charge is 2.08. The smallest absolute Gasteiger partial charge is 0.123 e. The summed E-state index contributed by atoms with van der Waals surface area (Å²) in [4.78, 5) is 4.28. The van der Waals surface area contributed by atoms with Gasteiger partial charge in [0.05, 0.1) is 0 Å². The molecule has 1 unspecified atom stereocenters. The van der Waals surface area contributed by atoms with E-state index in [-0.39, 0.29) is 11.7 Å². The first-order valence-electron chi connectivity index (χ1n) is 4.94. The molecule has 2 heteroatoms. The summed E-state index contributed by atoms with van der Waals surface area (Å²) in [5.41, 5.74) is 2.08. The lowest BCUT2D eigenvalue weighted by atomic mass is 9.97. The number of nitrogens with zero attached hydrogens (tertiary/aromatic N) is 1. The predicted octanol–water partition coefficient (Wildman–Crippen LogP) is 3.37. The summed E-state index contributed by atoms with van der Waals surface area (Å²) in [6.45, 7) is 2.07. The first-order chi connectivity index (χ1) is 7.27. The van der Waals surface area contributed by atoms with Gasteiger partial charge < -0.3 is 0 Å². The Morgan fingerprint density at radius 3 is 2.40 bits per heavy atom. The number of hydrogen-bond donors (Lipinski definition) is 0.